The Morgan fingerprint density at radius 1 is 1.19 bits per heavy atom. The van der Waals surface area contributed by atoms with Gasteiger partial charge < -0.3 is 24.4 Å². The molecule has 2 amide bonds. The number of ether oxygens (including phenoxy) is 3. The molecular weight excluding hydrogens is 396 g/mol. The van der Waals surface area contributed by atoms with Crippen LogP contribution in [0.1, 0.15) is 5.56 Å². The second kappa shape index (κ2) is 7.42. The lowest BCUT2D eigenvalue weighted by Gasteiger charge is -2.23. The number of nitrogens with one attached hydrogen (secondary N) is 1. The molecule has 1 spiro atoms. The number of methoxy groups -OCH3 is 2. The Morgan fingerprint density at radius 3 is 2.84 bits per heavy atom. The minimum absolute atomic E-state index is 0.0995. The van der Waals surface area contributed by atoms with Crippen LogP contribution in [0.2, 0.25) is 0 Å². The Kier molecular flexibility index (Phi) is 4.70. The molecule has 0 radical (unpaired) electrons. The molecule has 160 valence electrons. The standard InChI is InChI=1S/C24H24N2O5/c1-29-17-8-5-7-16(12-17)26-14-24-11-10-19(31-24)20(21(24)23(26)28)22(27)25-13-15-6-3-4-9-18(15)30-2/h3-12,19-21H,13-14H2,1-2H3,(H,25,27)/t19?,20?,21?,24-/m1/s1. The second-order valence-electron chi connectivity index (χ2n) is 8.06. The van der Waals surface area contributed by atoms with E-state index < -0.39 is 17.4 Å². The molecule has 0 aromatic heterocycles. The van der Waals surface area contributed by atoms with Gasteiger partial charge in [-0.15, -0.1) is 0 Å². The largest absolute Gasteiger partial charge is 0.497 e. The Morgan fingerprint density at radius 2 is 2.03 bits per heavy atom. The molecule has 2 aromatic carbocycles. The first kappa shape index (κ1) is 19.6. The molecule has 4 atom stereocenters. The highest BCUT2D eigenvalue weighted by Gasteiger charge is 2.67. The molecule has 3 unspecified atom stereocenters. The number of para-hydroxylation sites is 1. The molecule has 0 aliphatic carbocycles. The number of hydrogen-bond acceptors (Lipinski definition) is 5. The minimum Gasteiger partial charge on any atom is -0.497 e. The Labute approximate surface area is 180 Å². The average Bonchev–Trinajstić information content (AvgIpc) is 3.46. The highest BCUT2D eigenvalue weighted by molar-refractivity contribution is 6.03. The van der Waals surface area contributed by atoms with Gasteiger partial charge >= 0.3 is 0 Å². The number of anilines is 1. The molecule has 3 aliphatic heterocycles. The zero-order valence-electron chi connectivity index (χ0n) is 17.4. The van der Waals surface area contributed by atoms with Gasteiger partial charge in [-0.05, 0) is 18.2 Å². The predicted octanol–water partition coefficient (Wildman–Crippen LogP) is 2.31. The van der Waals surface area contributed by atoms with E-state index in [9.17, 15) is 9.59 Å². The monoisotopic (exact) mass is 420 g/mol. The van der Waals surface area contributed by atoms with Crippen molar-refractivity contribution in [2.45, 2.75) is 18.2 Å². The summed E-state index contributed by atoms with van der Waals surface area (Å²) in [5.41, 5.74) is 0.849. The lowest BCUT2D eigenvalue weighted by molar-refractivity contribution is -0.132. The number of carbonyl (C=O) groups is 2. The van der Waals surface area contributed by atoms with Crippen molar-refractivity contribution < 1.29 is 23.8 Å². The minimum atomic E-state index is -0.767. The third-order valence-corrected chi connectivity index (χ3v) is 6.41. The lowest BCUT2D eigenvalue weighted by Crippen LogP contribution is -2.44. The fourth-order valence-electron chi connectivity index (χ4n) is 4.94. The molecule has 1 N–H and O–H groups in total. The van der Waals surface area contributed by atoms with Crippen LogP contribution in [-0.4, -0.2) is 44.3 Å². The van der Waals surface area contributed by atoms with Crippen molar-refractivity contribution in [1.82, 2.24) is 5.32 Å². The van der Waals surface area contributed by atoms with Crippen LogP contribution >= 0.6 is 0 Å². The van der Waals surface area contributed by atoms with Gasteiger partial charge in [0.15, 0.2) is 0 Å². The predicted molar refractivity (Wildman–Crippen MR) is 114 cm³/mol. The molecule has 3 aliphatic rings. The van der Waals surface area contributed by atoms with Gasteiger partial charge in [-0.2, -0.15) is 0 Å². The van der Waals surface area contributed by atoms with Crippen molar-refractivity contribution in [1.29, 1.82) is 0 Å². The first-order valence-corrected chi connectivity index (χ1v) is 10.3. The van der Waals surface area contributed by atoms with Crippen molar-refractivity contribution in [3.8, 4) is 11.5 Å². The number of nitrogens with zero attached hydrogens (tertiary/aromatic N) is 1. The van der Waals surface area contributed by atoms with E-state index in [-0.39, 0.29) is 17.9 Å². The SMILES string of the molecule is COc1cccc(N2C[C@@]34C=CC(O3)C(C(=O)NCc3ccccc3OC)C4C2=O)c1. The van der Waals surface area contributed by atoms with E-state index in [4.69, 9.17) is 14.2 Å². The summed E-state index contributed by atoms with van der Waals surface area (Å²) in [7, 11) is 3.19. The van der Waals surface area contributed by atoms with Gasteiger partial charge in [-0.1, -0.05) is 36.4 Å². The third-order valence-electron chi connectivity index (χ3n) is 6.41. The second-order valence-corrected chi connectivity index (χ2v) is 8.06. The molecule has 31 heavy (non-hydrogen) atoms. The summed E-state index contributed by atoms with van der Waals surface area (Å²) in [5, 5.41) is 2.98. The average molecular weight is 420 g/mol. The quantitative estimate of drug-likeness (QED) is 0.726. The van der Waals surface area contributed by atoms with Crippen molar-refractivity contribution in [2.24, 2.45) is 11.8 Å². The molecule has 2 saturated heterocycles. The highest BCUT2D eigenvalue weighted by Crippen LogP contribution is 2.52. The number of fused-ring (bicyclic) bond motifs is 1. The van der Waals surface area contributed by atoms with Crippen LogP contribution in [0, 0.1) is 11.8 Å². The Hall–Kier alpha value is -3.32. The smallest absolute Gasteiger partial charge is 0.234 e. The maximum Gasteiger partial charge on any atom is 0.234 e. The van der Waals surface area contributed by atoms with Crippen LogP contribution in [0.25, 0.3) is 0 Å². The summed E-state index contributed by atoms with van der Waals surface area (Å²) >= 11 is 0. The van der Waals surface area contributed by atoms with E-state index in [1.54, 1.807) is 19.1 Å². The van der Waals surface area contributed by atoms with Gasteiger partial charge in [-0.3, -0.25) is 9.59 Å². The Balaban J connectivity index is 1.37. The fraction of sp³-hybridized carbons (Fsp3) is 0.333. The molecule has 2 aromatic rings. The maximum absolute atomic E-state index is 13.4. The number of benzene rings is 2. The molecule has 2 bridgehead atoms. The van der Waals surface area contributed by atoms with E-state index in [1.807, 2.05) is 60.7 Å². The van der Waals surface area contributed by atoms with Crippen LogP contribution in [0.3, 0.4) is 0 Å². The normalized spacial score (nSPS) is 28.0. The zero-order valence-corrected chi connectivity index (χ0v) is 17.4. The van der Waals surface area contributed by atoms with E-state index >= 15 is 0 Å². The van der Waals surface area contributed by atoms with Crippen LogP contribution < -0.4 is 19.7 Å². The summed E-state index contributed by atoms with van der Waals surface area (Å²) in [4.78, 5) is 28.3. The topological polar surface area (TPSA) is 77.1 Å². The van der Waals surface area contributed by atoms with Crippen LogP contribution in [0.15, 0.2) is 60.7 Å². The van der Waals surface area contributed by atoms with E-state index in [2.05, 4.69) is 5.32 Å². The van der Waals surface area contributed by atoms with Gasteiger partial charge in [-0.25, -0.2) is 0 Å². The first-order valence-electron chi connectivity index (χ1n) is 10.3. The van der Waals surface area contributed by atoms with Gasteiger partial charge in [0.1, 0.15) is 17.1 Å². The van der Waals surface area contributed by atoms with Crippen LogP contribution in [0.5, 0.6) is 11.5 Å². The molecule has 0 saturated carbocycles. The van der Waals surface area contributed by atoms with E-state index in [0.29, 0.717) is 24.6 Å². The molecule has 2 fully saturated rings. The number of hydrogen-bond donors (Lipinski definition) is 1. The molecule has 7 nitrogen and oxygen atoms in total. The van der Waals surface area contributed by atoms with Crippen molar-refractivity contribution in [2.75, 3.05) is 25.7 Å². The molecule has 5 rings (SSSR count). The molecule has 3 heterocycles. The third kappa shape index (κ3) is 3.08. The highest BCUT2D eigenvalue weighted by atomic mass is 16.5. The van der Waals surface area contributed by atoms with Gasteiger partial charge in [0.25, 0.3) is 0 Å². The lowest BCUT2D eigenvalue weighted by atomic mass is 9.77. The van der Waals surface area contributed by atoms with E-state index in [0.717, 1.165) is 11.3 Å². The summed E-state index contributed by atoms with van der Waals surface area (Å²) in [6.45, 7) is 0.705. The summed E-state index contributed by atoms with van der Waals surface area (Å²) in [5.74, 6) is -0.0177. The van der Waals surface area contributed by atoms with Crippen molar-refractivity contribution in [3.05, 3.63) is 66.2 Å². The Bertz CT molecular complexity index is 1070. The number of carbonyl (C=O) groups excluding carboxylic acids is 2. The summed E-state index contributed by atoms with van der Waals surface area (Å²) in [6, 6.07) is 14.9. The van der Waals surface area contributed by atoms with Gasteiger partial charge in [0.05, 0.1) is 38.7 Å². The summed E-state index contributed by atoms with van der Waals surface area (Å²) < 4.78 is 16.9. The maximum atomic E-state index is 13.4. The zero-order chi connectivity index (χ0) is 21.6. The number of amides is 2. The summed E-state index contributed by atoms with van der Waals surface area (Å²) in [6.07, 6.45) is 3.47. The van der Waals surface area contributed by atoms with Gasteiger partial charge in [0.2, 0.25) is 11.8 Å². The number of rotatable bonds is 6. The molecule has 7 heteroatoms. The van der Waals surface area contributed by atoms with E-state index in [1.165, 1.54) is 0 Å². The van der Waals surface area contributed by atoms with Gasteiger partial charge in [0, 0.05) is 23.9 Å². The fourth-order valence-corrected chi connectivity index (χ4v) is 4.94. The van der Waals surface area contributed by atoms with Crippen LogP contribution in [0.4, 0.5) is 5.69 Å². The molecular formula is C24H24N2O5. The first-order chi connectivity index (χ1) is 15.1. The van der Waals surface area contributed by atoms with Crippen LogP contribution in [-0.2, 0) is 20.9 Å². The van der Waals surface area contributed by atoms with Crippen molar-refractivity contribution in [3.63, 3.8) is 0 Å². The van der Waals surface area contributed by atoms with Crippen molar-refractivity contribution >= 4 is 17.5 Å².